The van der Waals surface area contributed by atoms with Crippen LogP contribution < -0.4 is 11.1 Å². The van der Waals surface area contributed by atoms with Crippen molar-refractivity contribution in [3.63, 3.8) is 0 Å². The Labute approximate surface area is 127 Å². The van der Waals surface area contributed by atoms with Crippen molar-refractivity contribution < 1.29 is 9.53 Å². The van der Waals surface area contributed by atoms with E-state index in [1.807, 2.05) is 24.3 Å². The highest BCUT2D eigenvalue weighted by Gasteiger charge is 2.37. The van der Waals surface area contributed by atoms with Crippen LogP contribution in [0.5, 0.6) is 0 Å². The van der Waals surface area contributed by atoms with Gasteiger partial charge in [0.1, 0.15) is 0 Å². The molecule has 0 heterocycles. The van der Waals surface area contributed by atoms with Crippen molar-refractivity contribution in [3.05, 3.63) is 35.4 Å². The molecule has 2 rings (SSSR count). The molecule has 4 nitrogen and oxygen atoms in total. The average molecular weight is 290 g/mol. The van der Waals surface area contributed by atoms with Gasteiger partial charge in [-0.3, -0.25) is 4.79 Å². The fourth-order valence-corrected chi connectivity index (χ4v) is 3.14. The normalized spacial score (nSPS) is 17.4. The van der Waals surface area contributed by atoms with Gasteiger partial charge in [-0.1, -0.05) is 43.5 Å². The van der Waals surface area contributed by atoms with E-state index in [0.717, 1.165) is 36.8 Å². The summed E-state index contributed by atoms with van der Waals surface area (Å²) < 4.78 is 5.20. The monoisotopic (exact) mass is 290 g/mol. The van der Waals surface area contributed by atoms with Crippen molar-refractivity contribution in [2.75, 3.05) is 13.7 Å². The average Bonchev–Trinajstić information content (AvgIpc) is 2.54. The van der Waals surface area contributed by atoms with Crippen LogP contribution in [0.4, 0.5) is 0 Å². The number of carbonyl (C=O) groups is 1. The molecule has 116 valence electrons. The minimum atomic E-state index is -0.353. The highest BCUT2D eigenvalue weighted by molar-refractivity contribution is 5.83. The van der Waals surface area contributed by atoms with Crippen molar-refractivity contribution in [1.29, 1.82) is 0 Å². The summed E-state index contributed by atoms with van der Waals surface area (Å²) in [5.41, 5.74) is 7.78. The molecule has 0 saturated heterocycles. The number of methoxy groups -OCH3 is 1. The predicted octanol–water partition coefficient (Wildman–Crippen LogP) is 2.36. The Morgan fingerprint density at radius 3 is 2.52 bits per heavy atom. The molecule has 1 aliphatic rings. The lowest BCUT2D eigenvalue weighted by atomic mass is 9.73. The Morgan fingerprint density at radius 1 is 1.24 bits per heavy atom. The van der Waals surface area contributed by atoms with Crippen LogP contribution in [0.3, 0.4) is 0 Å². The number of hydrogen-bond donors (Lipinski definition) is 2. The maximum atomic E-state index is 12.6. The van der Waals surface area contributed by atoms with E-state index in [1.165, 1.54) is 6.42 Å². The van der Waals surface area contributed by atoms with E-state index in [9.17, 15) is 4.79 Å². The number of hydrogen-bond acceptors (Lipinski definition) is 3. The van der Waals surface area contributed by atoms with E-state index in [-0.39, 0.29) is 11.3 Å². The summed E-state index contributed by atoms with van der Waals surface area (Å²) >= 11 is 0. The molecule has 0 aromatic heterocycles. The SMILES string of the molecule is COCc1ccccc1CNC(=O)C1(CN)CCCCC1. The van der Waals surface area contributed by atoms with Gasteiger partial charge in [0, 0.05) is 20.2 Å². The van der Waals surface area contributed by atoms with Crippen LogP contribution in [0.25, 0.3) is 0 Å². The summed E-state index contributed by atoms with van der Waals surface area (Å²) in [5, 5.41) is 3.08. The van der Waals surface area contributed by atoms with Crippen molar-refractivity contribution in [2.24, 2.45) is 11.1 Å². The number of rotatable bonds is 6. The van der Waals surface area contributed by atoms with Crippen LogP contribution in [-0.4, -0.2) is 19.6 Å². The number of benzene rings is 1. The Morgan fingerprint density at radius 2 is 1.90 bits per heavy atom. The van der Waals surface area contributed by atoms with Crippen molar-refractivity contribution in [3.8, 4) is 0 Å². The molecule has 0 radical (unpaired) electrons. The van der Waals surface area contributed by atoms with E-state index in [2.05, 4.69) is 5.32 Å². The molecule has 0 aliphatic heterocycles. The van der Waals surface area contributed by atoms with Crippen LogP contribution >= 0.6 is 0 Å². The fourth-order valence-electron chi connectivity index (χ4n) is 3.14. The molecule has 0 spiro atoms. The molecule has 0 bridgehead atoms. The van der Waals surface area contributed by atoms with Gasteiger partial charge >= 0.3 is 0 Å². The van der Waals surface area contributed by atoms with Gasteiger partial charge in [0.2, 0.25) is 5.91 Å². The van der Waals surface area contributed by atoms with Gasteiger partial charge in [0.15, 0.2) is 0 Å². The summed E-state index contributed by atoms with van der Waals surface area (Å²) in [6.45, 7) is 1.55. The summed E-state index contributed by atoms with van der Waals surface area (Å²) in [6.07, 6.45) is 5.24. The van der Waals surface area contributed by atoms with Gasteiger partial charge in [-0.25, -0.2) is 0 Å². The van der Waals surface area contributed by atoms with Crippen LogP contribution in [0, 0.1) is 5.41 Å². The molecule has 4 heteroatoms. The molecule has 1 aliphatic carbocycles. The molecule has 1 aromatic rings. The van der Waals surface area contributed by atoms with Crippen LogP contribution in [0.1, 0.15) is 43.2 Å². The lowest BCUT2D eigenvalue weighted by Gasteiger charge is -2.34. The second kappa shape index (κ2) is 7.57. The van der Waals surface area contributed by atoms with Crippen LogP contribution in [0.2, 0.25) is 0 Å². The molecule has 1 saturated carbocycles. The molecule has 1 aromatic carbocycles. The first kappa shape index (κ1) is 16.0. The predicted molar refractivity (Wildman–Crippen MR) is 83.6 cm³/mol. The van der Waals surface area contributed by atoms with Crippen molar-refractivity contribution >= 4 is 5.91 Å². The summed E-state index contributed by atoms with van der Waals surface area (Å²) in [5.74, 6) is 0.108. The number of nitrogens with one attached hydrogen (secondary N) is 1. The van der Waals surface area contributed by atoms with E-state index < -0.39 is 0 Å². The van der Waals surface area contributed by atoms with Crippen LogP contribution in [0.15, 0.2) is 24.3 Å². The van der Waals surface area contributed by atoms with Crippen LogP contribution in [-0.2, 0) is 22.7 Å². The minimum Gasteiger partial charge on any atom is -0.380 e. The zero-order valence-electron chi connectivity index (χ0n) is 12.9. The number of ether oxygens (including phenoxy) is 1. The molecule has 21 heavy (non-hydrogen) atoms. The number of carbonyl (C=O) groups excluding carboxylic acids is 1. The lowest BCUT2D eigenvalue weighted by molar-refractivity contribution is -0.132. The quantitative estimate of drug-likeness (QED) is 0.845. The standard InChI is InChI=1S/C17H26N2O2/c1-21-12-15-8-4-3-7-14(15)11-19-16(20)17(13-18)9-5-2-6-10-17/h3-4,7-8H,2,5-6,9-13,18H2,1H3,(H,19,20). The third kappa shape index (κ3) is 3.83. The van der Waals surface area contributed by atoms with Gasteiger partial charge in [-0.15, -0.1) is 0 Å². The van der Waals surface area contributed by atoms with Crippen molar-refractivity contribution in [1.82, 2.24) is 5.32 Å². The zero-order chi connectivity index (χ0) is 15.1. The second-order valence-electron chi connectivity index (χ2n) is 5.93. The molecular weight excluding hydrogens is 264 g/mol. The topological polar surface area (TPSA) is 64.3 Å². The Bertz CT molecular complexity index is 468. The molecule has 3 N–H and O–H groups in total. The Balaban J connectivity index is 2.00. The Hall–Kier alpha value is -1.39. The minimum absolute atomic E-state index is 0.108. The maximum absolute atomic E-state index is 12.6. The zero-order valence-corrected chi connectivity index (χ0v) is 12.9. The number of amides is 1. The molecule has 1 fully saturated rings. The van der Waals surface area contributed by atoms with E-state index >= 15 is 0 Å². The van der Waals surface area contributed by atoms with Crippen molar-refractivity contribution in [2.45, 2.75) is 45.3 Å². The third-order valence-corrected chi connectivity index (χ3v) is 4.54. The molecule has 0 unspecified atom stereocenters. The van der Waals surface area contributed by atoms with Gasteiger partial charge in [-0.2, -0.15) is 0 Å². The summed E-state index contributed by atoms with van der Waals surface area (Å²) in [6, 6.07) is 8.04. The molecule has 0 atom stereocenters. The molecule has 1 amide bonds. The summed E-state index contributed by atoms with van der Waals surface area (Å²) in [4.78, 5) is 12.6. The fraction of sp³-hybridized carbons (Fsp3) is 0.588. The van der Waals surface area contributed by atoms with E-state index in [1.54, 1.807) is 7.11 Å². The third-order valence-electron chi connectivity index (χ3n) is 4.54. The summed E-state index contributed by atoms with van der Waals surface area (Å²) in [7, 11) is 1.68. The van der Waals surface area contributed by atoms with E-state index in [4.69, 9.17) is 10.5 Å². The lowest BCUT2D eigenvalue weighted by Crippen LogP contribution is -2.46. The number of nitrogens with two attached hydrogens (primary N) is 1. The first-order chi connectivity index (χ1) is 10.2. The first-order valence-electron chi connectivity index (χ1n) is 7.76. The van der Waals surface area contributed by atoms with Gasteiger partial charge in [-0.05, 0) is 24.0 Å². The maximum Gasteiger partial charge on any atom is 0.227 e. The smallest absolute Gasteiger partial charge is 0.227 e. The van der Waals surface area contributed by atoms with Gasteiger partial charge in [0.25, 0.3) is 0 Å². The first-order valence-corrected chi connectivity index (χ1v) is 7.76. The largest absolute Gasteiger partial charge is 0.380 e. The highest BCUT2D eigenvalue weighted by atomic mass is 16.5. The van der Waals surface area contributed by atoms with Gasteiger partial charge < -0.3 is 15.8 Å². The molecular formula is C17H26N2O2. The highest BCUT2D eigenvalue weighted by Crippen LogP contribution is 2.35. The Kier molecular flexibility index (Phi) is 5.76. The van der Waals surface area contributed by atoms with E-state index in [0.29, 0.717) is 19.7 Å². The van der Waals surface area contributed by atoms with Gasteiger partial charge in [0.05, 0.1) is 12.0 Å². The second-order valence-corrected chi connectivity index (χ2v) is 5.93.